The normalized spacial score (nSPS) is 20.4. The van der Waals surface area contributed by atoms with E-state index in [4.69, 9.17) is 9.47 Å². The van der Waals surface area contributed by atoms with Gasteiger partial charge in [0, 0.05) is 23.5 Å². The summed E-state index contributed by atoms with van der Waals surface area (Å²) < 4.78 is 10.7. The summed E-state index contributed by atoms with van der Waals surface area (Å²) in [5.74, 6) is -1.83. The highest BCUT2D eigenvalue weighted by atomic mass is 16.6. The number of nitrogens with zero attached hydrogens (tertiary/aromatic N) is 3. The van der Waals surface area contributed by atoms with Gasteiger partial charge in [0.1, 0.15) is 0 Å². The minimum absolute atomic E-state index is 0.122. The number of allylic oxidation sites excluding steroid dienone is 4. The number of hydrogen-bond acceptors (Lipinski definition) is 9. The maximum atomic E-state index is 12.7. The molecule has 0 bridgehead atoms. The fourth-order valence-corrected chi connectivity index (χ4v) is 4.02. The van der Waals surface area contributed by atoms with Gasteiger partial charge in [-0.1, -0.05) is 11.1 Å². The molecule has 0 spiro atoms. The second kappa shape index (κ2) is 9.77. The van der Waals surface area contributed by atoms with Gasteiger partial charge in [-0.3, -0.25) is 25.2 Å². The average Bonchev–Trinajstić information content (AvgIpc) is 2.72. The lowest BCUT2D eigenvalue weighted by molar-refractivity contribution is -0.435. The molecule has 0 fully saturated rings. The molecule has 34 heavy (non-hydrogen) atoms. The van der Waals surface area contributed by atoms with E-state index in [1.54, 1.807) is 27.7 Å². The molecule has 0 aliphatic heterocycles. The van der Waals surface area contributed by atoms with Crippen molar-refractivity contribution in [1.82, 2.24) is 4.98 Å². The Balaban J connectivity index is 1.80. The van der Waals surface area contributed by atoms with Gasteiger partial charge in [-0.05, 0) is 58.8 Å². The van der Waals surface area contributed by atoms with Crippen molar-refractivity contribution in [1.29, 1.82) is 0 Å². The summed E-state index contributed by atoms with van der Waals surface area (Å²) in [7, 11) is 0. The van der Waals surface area contributed by atoms with Crippen molar-refractivity contribution in [2.45, 2.75) is 52.7 Å². The molecular weight excluding hydrogens is 446 g/mol. The molecule has 2 atom stereocenters. The molecule has 178 valence electrons. The Bertz CT molecular complexity index is 1120. The SMILES string of the molecule is CC1=CC(OC(=O)c2cncc(C(=O)OC3C=C(C)CC(C)=C3[N+](=O)[O-])c2)C([N+](=O)[O-])=C(C)C1. The van der Waals surface area contributed by atoms with Crippen LogP contribution in [0.5, 0.6) is 0 Å². The molecule has 1 aromatic heterocycles. The lowest BCUT2D eigenvalue weighted by Gasteiger charge is -2.20. The predicted octanol–water partition coefficient (Wildman–Crippen LogP) is 3.93. The zero-order valence-electron chi connectivity index (χ0n) is 19.1. The molecule has 11 nitrogen and oxygen atoms in total. The van der Waals surface area contributed by atoms with Gasteiger partial charge in [-0.15, -0.1) is 0 Å². The molecule has 11 heteroatoms. The highest BCUT2D eigenvalue weighted by Gasteiger charge is 2.34. The summed E-state index contributed by atoms with van der Waals surface area (Å²) in [5, 5.41) is 22.9. The minimum Gasteiger partial charge on any atom is -0.443 e. The van der Waals surface area contributed by atoms with Crippen molar-refractivity contribution in [2.24, 2.45) is 0 Å². The van der Waals surface area contributed by atoms with Crippen LogP contribution >= 0.6 is 0 Å². The van der Waals surface area contributed by atoms with E-state index >= 15 is 0 Å². The van der Waals surface area contributed by atoms with Crippen molar-refractivity contribution in [2.75, 3.05) is 0 Å². The number of pyridine rings is 1. The number of esters is 2. The molecule has 1 aromatic rings. The second-order valence-electron chi connectivity index (χ2n) is 8.34. The summed E-state index contributed by atoms with van der Waals surface area (Å²) in [6.45, 7) is 6.75. The van der Waals surface area contributed by atoms with Crippen LogP contribution in [0.25, 0.3) is 0 Å². The topological polar surface area (TPSA) is 152 Å². The van der Waals surface area contributed by atoms with E-state index in [2.05, 4.69) is 4.98 Å². The monoisotopic (exact) mass is 469 g/mol. The first-order valence-corrected chi connectivity index (χ1v) is 10.4. The first-order valence-electron chi connectivity index (χ1n) is 10.4. The fraction of sp³-hybridized carbons (Fsp3) is 0.348. The first-order chi connectivity index (χ1) is 16.0. The van der Waals surface area contributed by atoms with E-state index in [9.17, 15) is 29.8 Å². The summed E-state index contributed by atoms with van der Waals surface area (Å²) in [6, 6.07) is 1.17. The molecule has 0 radical (unpaired) electrons. The van der Waals surface area contributed by atoms with Crippen molar-refractivity contribution in [3.63, 3.8) is 0 Å². The van der Waals surface area contributed by atoms with Crippen molar-refractivity contribution < 1.29 is 28.9 Å². The Hall–Kier alpha value is -4.15. The zero-order chi connectivity index (χ0) is 25.2. The van der Waals surface area contributed by atoms with Crippen LogP contribution in [0.2, 0.25) is 0 Å². The third kappa shape index (κ3) is 5.25. The van der Waals surface area contributed by atoms with Crippen LogP contribution in [0.1, 0.15) is 61.3 Å². The first kappa shape index (κ1) is 24.5. The highest BCUT2D eigenvalue weighted by Crippen LogP contribution is 2.29. The third-order valence-corrected chi connectivity index (χ3v) is 5.44. The number of ether oxygens (including phenoxy) is 2. The molecule has 2 unspecified atom stereocenters. The molecule has 1 heterocycles. The number of carbonyl (C=O) groups is 2. The van der Waals surface area contributed by atoms with E-state index in [1.165, 1.54) is 18.2 Å². The van der Waals surface area contributed by atoms with Gasteiger partial charge in [0.2, 0.25) is 12.2 Å². The Labute approximate surface area is 194 Å². The number of hydrogen-bond donors (Lipinski definition) is 0. The molecule has 3 rings (SSSR count). The summed E-state index contributed by atoms with van der Waals surface area (Å²) >= 11 is 0. The van der Waals surface area contributed by atoms with Crippen LogP contribution in [-0.2, 0) is 9.47 Å². The molecule has 0 saturated heterocycles. The fourth-order valence-electron chi connectivity index (χ4n) is 4.02. The molecule has 0 aromatic carbocycles. The number of aromatic nitrogens is 1. The van der Waals surface area contributed by atoms with Gasteiger partial charge in [0.05, 0.1) is 21.0 Å². The van der Waals surface area contributed by atoms with Crippen molar-refractivity contribution in [3.05, 3.63) is 95.7 Å². The molecule has 0 saturated carbocycles. The smallest absolute Gasteiger partial charge is 0.340 e. The van der Waals surface area contributed by atoms with Crippen LogP contribution in [0.3, 0.4) is 0 Å². The standard InChI is InChI=1S/C23H23N3O8/c1-12-5-14(3)20(25(29)30)18(7-12)33-22(27)16-9-17(11-24-10-16)23(28)34-19-8-13(2)6-15(4)21(19)26(31)32/h7-11,18-19H,5-6H2,1-4H3. The lowest BCUT2D eigenvalue weighted by Crippen LogP contribution is -2.27. The van der Waals surface area contributed by atoms with Crippen LogP contribution in [0.15, 0.2) is 64.3 Å². The van der Waals surface area contributed by atoms with Gasteiger partial charge in [0.15, 0.2) is 0 Å². The van der Waals surface area contributed by atoms with Gasteiger partial charge in [0.25, 0.3) is 11.4 Å². The van der Waals surface area contributed by atoms with Gasteiger partial charge in [-0.2, -0.15) is 0 Å². The quantitative estimate of drug-likeness (QED) is 0.261. The van der Waals surface area contributed by atoms with Crippen LogP contribution in [0.4, 0.5) is 0 Å². The van der Waals surface area contributed by atoms with E-state index in [-0.39, 0.29) is 22.5 Å². The summed E-state index contributed by atoms with van der Waals surface area (Å²) in [4.78, 5) is 51.0. The number of rotatable bonds is 6. The van der Waals surface area contributed by atoms with Gasteiger partial charge < -0.3 is 9.47 Å². The molecule has 0 N–H and O–H groups in total. The highest BCUT2D eigenvalue weighted by molar-refractivity contribution is 5.95. The Morgan fingerprint density at radius 1 is 0.824 bits per heavy atom. The van der Waals surface area contributed by atoms with Crippen LogP contribution < -0.4 is 0 Å². The number of nitro groups is 2. The second-order valence-corrected chi connectivity index (χ2v) is 8.34. The third-order valence-electron chi connectivity index (χ3n) is 5.44. The molecule has 0 amide bonds. The maximum absolute atomic E-state index is 12.7. The van der Waals surface area contributed by atoms with Crippen molar-refractivity contribution in [3.8, 4) is 0 Å². The molecule has 2 aliphatic carbocycles. The van der Waals surface area contributed by atoms with E-state index < -0.39 is 34.0 Å². The predicted molar refractivity (Wildman–Crippen MR) is 119 cm³/mol. The minimum atomic E-state index is -1.18. The van der Waals surface area contributed by atoms with E-state index in [0.29, 0.717) is 24.0 Å². The Morgan fingerprint density at radius 3 is 1.56 bits per heavy atom. The Morgan fingerprint density at radius 2 is 1.21 bits per heavy atom. The summed E-state index contributed by atoms with van der Waals surface area (Å²) in [6.07, 6.45) is 3.75. The van der Waals surface area contributed by atoms with Crippen LogP contribution in [0, 0.1) is 20.2 Å². The van der Waals surface area contributed by atoms with Gasteiger partial charge in [-0.25, -0.2) is 9.59 Å². The molecular formula is C23H23N3O8. The maximum Gasteiger partial charge on any atom is 0.340 e. The zero-order valence-corrected chi connectivity index (χ0v) is 19.1. The van der Waals surface area contributed by atoms with Crippen molar-refractivity contribution >= 4 is 11.9 Å². The lowest BCUT2D eigenvalue weighted by atomic mass is 9.96. The largest absolute Gasteiger partial charge is 0.443 e. The average molecular weight is 469 g/mol. The number of carbonyl (C=O) groups excluding carboxylic acids is 2. The van der Waals surface area contributed by atoms with Crippen LogP contribution in [-0.4, -0.2) is 39.0 Å². The molecule has 2 aliphatic rings. The Kier molecular flexibility index (Phi) is 7.04. The van der Waals surface area contributed by atoms with E-state index in [0.717, 1.165) is 23.5 Å². The van der Waals surface area contributed by atoms with Gasteiger partial charge >= 0.3 is 11.9 Å². The summed E-state index contributed by atoms with van der Waals surface area (Å²) in [5.41, 5.74) is 1.94. The van der Waals surface area contributed by atoms with E-state index in [1.807, 2.05) is 0 Å².